The summed E-state index contributed by atoms with van der Waals surface area (Å²) in [5.74, 6) is -0.375. The maximum atomic E-state index is 13.4. The molecule has 0 radical (unpaired) electrons. The zero-order valence-electron chi connectivity index (χ0n) is 23.6. The van der Waals surface area contributed by atoms with E-state index >= 15 is 0 Å². The van der Waals surface area contributed by atoms with Crippen LogP contribution in [0.2, 0.25) is 5.02 Å². The molecule has 0 aliphatic heterocycles. The van der Waals surface area contributed by atoms with E-state index in [1.165, 1.54) is 19.2 Å². The summed E-state index contributed by atoms with van der Waals surface area (Å²) in [7, 11) is 3.40. The third-order valence-corrected chi connectivity index (χ3v) is 8.68. The lowest BCUT2D eigenvalue weighted by atomic mass is 9.80. The topological polar surface area (TPSA) is 114 Å². The number of amides is 1. The molecule has 1 amide bonds. The fourth-order valence-corrected chi connectivity index (χ4v) is 6.16. The molecule has 2 fully saturated rings. The minimum absolute atomic E-state index is 0.133. The molecular formula is C31H39ClN2O7. The Morgan fingerprint density at radius 1 is 1.10 bits per heavy atom. The van der Waals surface area contributed by atoms with Crippen LogP contribution in [0.4, 0.5) is 10.5 Å². The number of aliphatic hydroxyl groups is 1. The smallest absolute Gasteiger partial charge is 0.411 e. The predicted octanol–water partition coefficient (Wildman–Crippen LogP) is 5.57. The van der Waals surface area contributed by atoms with Gasteiger partial charge in [-0.3, -0.25) is 10.1 Å². The molecule has 0 heterocycles. The molecule has 0 aromatic heterocycles. The number of hydrogen-bond acceptors (Lipinski definition) is 8. The van der Waals surface area contributed by atoms with E-state index in [2.05, 4.69) is 10.2 Å². The standard InChI is InChI=1S/C31H39ClN2O7/c1-34(16-17-40-30(37)33-27-19-28(39-2)21(20-35)18-26(27)32)24-12-14-25(15-13-24)41-29(36)31(38,23-10-6-7-11-23)22-8-4-3-5-9-22/h3-5,8-9,18-20,23-25,38H,6-7,10-17H2,1-2H3,(H,33,37)/t24-,25-,31-/m0/s1. The summed E-state index contributed by atoms with van der Waals surface area (Å²) < 4.78 is 16.4. The van der Waals surface area contributed by atoms with E-state index in [-0.39, 0.29) is 40.9 Å². The maximum Gasteiger partial charge on any atom is 0.411 e. The number of rotatable bonds is 11. The Kier molecular flexibility index (Phi) is 10.6. The molecule has 10 heteroatoms. The molecule has 0 saturated heterocycles. The van der Waals surface area contributed by atoms with E-state index in [0.29, 0.717) is 37.0 Å². The molecule has 2 aromatic carbocycles. The molecule has 2 aliphatic carbocycles. The summed E-state index contributed by atoms with van der Waals surface area (Å²) in [6.45, 7) is 0.697. The van der Waals surface area contributed by atoms with Gasteiger partial charge < -0.3 is 24.2 Å². The highest BCUT2D eigenvalue weighted by atomic mass is 35.5. The summed E-state index contributed by atoms with van der Waals surface area (Å²) in [6.07, 6.45) is 6.42. The van der Waals surface area contributed by atoms with Crippen molar-refractivity contribution in [2.45, 2.75) is 69.1 Å². The minimum atomic E-state index is -1.62. The van der Waals surface area contributed by atoms with Crippen LogP contribution in [-0.4, -0.2) is 67.8 Å². The van der Waals surface area contributed by atoms with Crippen LogP contribution in [0.5, 0.6) is 5.75 Å². The van der Waals surface area contributed by atoms with Crippen molar-refractivity contribution in [1.29, 1.82) is 0 Å². The van der Waals surface area contributed by atoms with Crippen molar-refractivity contribution in [2.24, 2.45) is 5.92 Å². The number of likely N-dealkylation sites (N-methyl/N-ethyl adjacent to an activating group) is 1. The predicted molar refractivity (Wildman–Crippen MR) is 155 cm³/mol. The third-order valence-electron chi connectivity index (χ3n) is 8.37. The maximum absolute atomic E-state index is 13.4. The number of hydrogen-bond donors (Lipinski definition) is 2. The van der Waals surface area contributed by atoms with E-state index in [4.69, 9.17) is 25.8 Å². The van der Waals surface area contributed by atoms with Gasteiger partial charge in [0.05, 0.1) is 23.4 Å². The van der Waals surface area contributed by atoms with Crippen molar-refractivity contribution < 1.29 is 33.7 Å². The highest BCUT2D eigenvalue weighted by molar-refractivity contribution is 6.34. The summed E-state index contributed by atoms with van der Waals surface area (Å²) in [5, 5.41) is 14.4. The van der Waals surface area contributed by atoms with Crippen LogP contribution in [0.1, 0.15) is 67.3 Å². The van der Waals surface area contributed by atoms with Crippen LogP contribution in [0.15, 0.2) is 42.5 Å². The number of aldehydes is 1. The lowest BCUT2D eigenvalue weighted by Gasteiger charge is -2.37. The quantitative estimate of drug-likeness (QED) is 0.259. The average Bonchev–Trinajstić information content (AvgIpc) is 3.54. The van der Waals surface area contributed by atoms with Gasteiger partial charge >= 0.3 is 12.1 Å². The Bertz CT molecular complexity index is 1200. The van der Waals surface area contributed by atoms with E-state index < -0.39 is 17.7 Å². The number of carbonyl (C=O) groups excluding carboxylic acids is 3. The molecule has 222 valence electrons. The zero-order valence-corrected chi connectivity index (χ0v) is 24.4. The van der Waals surface area contributed by atoms with Gasteiger partial charge in [-0.1, -0.05) is 54.8 Å². The number of benzene rings is 2. The van der Waals surface area contributed by atoms with Gasteiger partial charge in [0.1, 0.15) is 18.5 Å². The second-order valence-corrected chi connectivity index (χ2v) is 11.3. The zero-order chi connectivity index (χ0) is 29.4. The Hall–Kier alpha value is -3.14. The molecule has 4 rings (SSSR count). The Labute approximate surface area is 246 Å². The molecule has 2 aromatic rings. The summed E-state index contributed by atoms with van der Waals surface area (Å²) in [4.78, 5) is 39.0. The van der Waals surface area contributed by atoms with E-state index in [1.807, 2.05) is 37.4 Å². The Morgan fingerprint density at radius 3 is 2.41 bits per heavy atom. The molecule has 0 unspecified atom stereocenters. The SMILES string of the molecule is COc1cc(NC(=O)OCCN(C)[C@H]2CC[C@H](OC(=O)[C@](O)(c3ccccc3)C3CCCC3)CC2)c(Cl)cc1C=O. The number of carbonyl (C=O) groups is 3. The molecule has 2 saturated carbocycles. The number of anilines is 1. The molecule has 0 bridgehead atoms. The van der Waals surface area contributed by atoms with Crippen LogP contribution in [0, 0.1) is 5.92 Å². The van der Waals surface area contributed by atoms with Crippen LogP contribution in [0.25, 0.3) is 0 Å². The van der Waals surface area contributed by atoms with Gasteiger partial charge in [0.25, 0.3) is 0 Å². The van der Waals surface area contributed by atoms with Crippen molar-refractivity contribution in [3.63, 3.8) is 0 Å². The van der Waals surface area contributed by atoms with Crippen molar-refractivity contribution in [1.82, 2.24) is 4.90 Å². The van der Waals surface area contributed by atoms with Gasteiger partial charge in [-0.05, 0) is 57.2 Å². The van der Waals surface area contributed by atoms with Crippen LogP contribution in [-0.2, 0) is 19.9 Å². The minimum Gasteiger partial charge on any atom is -0.496 e. The first-order chi connectivity index (χ1) is 19.8. The van der Waals surface area contributed by atoms with Gasteiger partial charge in [0.2, 0.25) is 0 Å². The Morgan fingerprint density at radius 2 is 1.78 bits per heavy atom. The average molecular weight is 587 g/mol. The number of nitrogens with zero attached hydrogens (tertiary/aromatic N) is 1. The van der Waals surface area contributed by atoms with Crippen molar-refractivity contribution in [3.05, 3.63) is 58.6 Å². The molecule has 41 heavy (non-hydrogen) atoms. The van der Waals surface area contributed by atoms with E-state index in [1.54, 1.807) is 0 Å². The summed E-state index contributed by atoms with van der Waals surface area (Å²) >= 11 is 6.16. The van der Waals surface area contributed by atoms with Crippen molar-refractivity contribution in [3.8, 4) is 5.75 Å². The fraction of sp³-hybridized carbons (Fsp3) is 0.516. The first-order valence-corrected chi connectivity index (χ1v) is 14.6. The largest absolute Gasteiger partial charge is 0.496 e. The lowest BCUT2D eigenvalue weighted by molar-refractivity contribution is -0.181. The van der Waals surface area contributed by atoms with Gasteiger partial charge in [0, 0.05) is 24.6 Å². The second-order valence-electron chi connectivity index (χ2n) is 10.9. The summed E-state index contributed by atoms with van der Waals surface area (Å²) in [5.41, 5.74) is -0.445. The molecular weight excluding hydrogens is 548 g/mol. The monoisotopic (exact) mass is 586 g/mol. The Balaban J connectivity index is 1.23. The fourth-order valence-electron chi connectivity index (χ4n) is 5.95. The number of halogens is 1. The third kappa shape index (κ3) is 7.39. The highest BCUT2D eigenvalue weighted by Crippen LogP contribution is 2.42. The number of ether oxygens (including phenoxy) is 3. The lowest BCUT2D eigenvalue weighted by Crippen LogP contribution is -2.46. The van der Waals surface area contributed by atoms with Crippen LogP contribution in [0.3, 0.4) is 0 Å². The van der Waals surface area contributed by atoms with Gasteiger partial charge in [0.15, 0.2) is 11.9 Å². The second kappa shape index (κ2) is 14.2. The summed E-state index contributed by atoms with van der Waals surface area (Å²) in [6, 6.07) is 12.3. The molecule has 1 atom stereocenters. The van der Waals surface area contributed by atoms with Crippen LogP contribution >= 0.6 is 11.6 Å². The number of nitrogens with one attached hydrogen (secondary N) is 1. The molecule has 2 aliphatic rings. The van der Waals surface area contributed by atoms with E-state index in [0.717, 1.165) is 38.5 Å². The van der Waals surface area contributed by atoms with Gasteiger partial charge in [-0.2, -0.15) is 0 Å². The van der Waals surface area contributed by atoms with E-state index in [9.17, 15) is 19.5 Å². The van der Waals surface area contributed by atoms with Gasteiger partial charge in [-0.25, -0.2) is 9.59 Å². The molecule has 0 spiro atoms. The molecule has 9 nitrogen and oxygen atoms in total. The normalized spacial score (nSPS) is 20.7. The van der Waals surface area contributed by atoms with Crippen LogP contribution < -0.4 is 10.1 Å². The first kappa shape index (κ1) is 30.8. The molecule has 2 N–H and O–H groups in total. The van der Waals surface area contributed by atoms with Gasteiger partial charge in [-0.15, -0.1) is 0 Å². The number of methoxy groups -OCH3 is 1. The van der Waals surface area contributed by atoms with Crippen molar-refractivity contribution in [2.75, 3.05) is 32.6 Å². The van der Waals surface area contributed by atoms with Crippen molar-refractivity contribution >= 4 is 35.6 Å². The number of esters is 1. The highest BCUT2D eigenvalue weighted by Gasteiger charge is 2.48. The first-order valence-electron chi connectivity index (χ1n) is 14.2.